The number of aryl methyl sites for hydroxylation is 1. The van der Waals surface area contributed by atoms with E-state index in [4.69, 9.17) is 0 Å². The average Bonchev–Trinajstić information content (AvgIpc) is 3.03. The SMILES string of the molecule is CCc1ccc2[nH]c3nc(SCC(=O)N4CCCCC4C)nnc3c2c1. The molecule has 1 fully saturated rings. The Morgan fingerprint density at radius 2 is 2.23 bits per heavy atom. The molecular weight excluding hydrogens is 346 g/mol. The molecule has 136 valence electrons. The van der Waals surface area contributed by atoms with Gasteiger partial charge in [-0.25, -0.2) is 4.98 Å². The number of H-pyrrole nitrogens is 1. The molecule has 4 rings (SSSR count). The first-order chi connectivity index (χ1) is 12.7. The predicted octanol–water partition coefficient (Wildman–Crippen LogP) is 3.56. The van der Waals surface area contributed by atoms with E-state index in [1.165, 1.54) is 23.7 Å². The second kappa shape index (κ2) is 7.23. The molecule has 26 heavy (non-hydrogen) atoms. The number of aromatic amines is 1. The van der Waals surface area contributed by atoms with Crippen LogP contribution in [0.15, 0.2) is 23.4 Å². The lowest BCUT2D eigenvalue weighted by Crippen LogP contribution is -2.42. The Morgan fingerprint density at radius 3 is 3.04 bits per heavy atom. The van der Waals surface area contributed by atoms with E-state index < -0.39 is 0 Å². The molecule has 7 heteroatoms. The molecule has 1 saturated heterocycles. The lowest BCUT2D eigenvalue weighted by Gasteiger charge is -2.33. The summed E-state index contributed by atoms with van der Waals surface area (Å²) in [6.45, 7) is 5.12. The summed E-state index contributed by atoms with van der Waals surface area (Å²) in [5.74, 6) is 0.521. The van der Waals surface area contributed by atoms with Crippen LogP contribution in [0.3, 0.4) is 0 Å². The van der Waals surface area contributed by atoms with E-state index in [1.807, 2.05) is 4.90 Å². The number of fused-ring (bicyclic) bond motifs is 3. The maximum Gasteiger partial charge on any atom is 0.233 e. The number of carbonyl (C=O) groups excluding carboxylic acids is 1. The van der Waals surface area contributed by atoms with Crippen LogP contribution in [0.2, 0.25) is 0 Å². The molecule has 1 aliphatic rings. The van der Waals surface area contributed by atoms with E-state index in [0.717, 1.165) is 47.9 Å². The fourth-order valence-corrected chi connectivity index (χ4v) is 4.24. The van der Waals surface area contributed by atoms with Crippen LogP contribution in [0.5, 0.6) is 0 Å². The smallest absolute Gasteiger partial charge is 0.233 e. The molecule has 1 amide bonds. The highest BCUT2D eigenvalue weighted by atomic mass is 32.2. The highest BCUT2D eigenvalue weighted by Crippen LogP contribution is 2.25. The van der Waals surface area contributed by atoms with E-state index in [0.29, 0.717) is 17.0 Å². The molecule has 0 saturated carbocycles. The summed E-state index contributed by atoms with van der Waals surface area (Å²) in [4.78, 5) is 22.3. The Morgan fingerprint density at radius 1 is 1.35 bits per heavy atom. The van der Waals surface area contributed by atoms with Crippen LogP contribution < -0.4 is 0 Å². The number of likely N-dealkylation sites (tertiary alicyclic amines) is 1. The van der Waals surface area contributed by atoms with Crippen molar-refractivity contribution in [2.75, 3.05) is 12.3 Å². The minimum atomic E-state index is 0.162. The zero-order valence-corrected chi connectivity index (χ0v) is 16.0. The number of nitrogens with one attached hydrogen (secondary N) is 1. The van der Waals surface area contributed by atoms with Crippen LogP contribution in [0.25, 0.3) is 22.1 Å². The number of hydrogen-bond donors (Lipinski definition) is 1. The highest BCUT2D eigenvalue weighted by Gasteiger charge is 2.23. The third-order valence-electron chi connectivity index (χ3n) is 5.12. The van der Waals surface area contributed by atoms with Crippen molar-refractivity contribution < 1.29 is 4.79 Å². The molecule has 1 unspecified atom stereocenters. The summed E-state index contributed by atoms with van der Waals surface area (Å²) in [5.41, 5.74) is 3.79. The van der Waals surface area contributed by atoms with Crippen LogP contribution in [0.1, 0.15) is 38.7 Å². The summed E-state index contributed by atoms with van der Waals surface area (Å²) >= 11 is 1.36. The van der Waals surface area contributed by atoms with Crippen LogP contribution >= 0.6 is 11.8 Å². The van der Waals surface area contributed by atoms with Crippen molar-refractivity contribution >= 4 is 39.7 Å². The predicted molar refractivity (Wildman–Crippen MR) is 104 cm³/mol. The quantitative estimate of drug-likeness (QED) is 0.712. The lowest BCUT2D eigenvalue weighted by atomic mass is 10.0. The van der Waals surface area contributed by atoms with Crippen LogP contribution in [-0.2, 0) is 11.2 Å². The van der Waals surface area contributed by atoms with E-state index in [1.54, 1.807) is 0 Å². The molecule has 0 spiro atoms. The van der Waals surface area contributed by atoms with Crippen molar-refractivity contribution in [2.45, 2.75) is 50.7 Å². The van der Waals surface area contributed by atoms with Crippen LogP contribution in [0, 0.1) is 0 Å². The van der Waals surface area contributed by atoms with Gasteiger partial charge in [-0.15, -0.1) is 10.2 Å². The molecule has 6 nitrogen and oxygen atoms in total. The van der Waals surface area contributed by atoms with E-state index in [9.17, 15) is 4.79 Å². The van der Waals surface area contributed by atoms with Gasteiger partial charge in [-0.1, -0.05) is 24.8 Å². The van der Waals surface area contributed by atoms with Gasteiger partial charge >= 0.3 is 0 Å². The molecular formula is C19H23N5OS. The van der Waals surface area contributed by atoms with Gasteiger partial charge in [0, 0.05) is 23.5 Å². The topological polar surface area (TPSA) is 74.8 Å². The number of rotatable bonds is 4. The third-order valence-corrected chi connectivity index (χ3v) is 5.94. The number of carbonyl (C=O) groups is 1. The first kappa shape index (κ1) is 17.3. The van der Waals surface area contributed by atoms with Gasteiger partial charge < -0.3 is 9.88 Å². The standard InChI is InChI=1S/C19H23N5OS/c1-3-13-7-8-15-14(10-13)17-18(20-15)21-19(23-22-17)26-11-16(25)24-9-5-4-6-12(24)2/h7-8,10,12H,3-6,9,11H2,1-2H3,(H,20,21,23). The highest BCUT2D eigenvalue weighted by molar-refractivity contribution is 7.99. The molecule has 0 radical (unpaired) electrons. The monoisotopic (exact) mass is 369 g/mol. The van der Waals surface area contributed by atoms with Gasteiger partial charge in [0.1, 0.15) is 5.52 Å². The molecule has 1 aliphatic heterocycles. The molecule has 2 aromatic heterocycles. The van der Waals surface area contributed by atoms with Crippen LogP contribution in [-0.4, -0.2) is 49.3 Å². The molecule has 3 heterocycles. The Bertz CT molecular complexity index is 954. The number of thioether (sulfide) groups is 1. The van der Waals surface area contributed by atoms with E-state index in [-0.39, 0.29) is 5.91 Å². The summed E-state index contributed by atoms with van der Waals surface area (Å²) in [7, 11) is 0. The number of benzene rings is 1. The number of aromatic nitrogens is 4. The van der Waals surface area contributed by atoms with Gasteiger partial charge in [0.2, 0.25) is 11.1 Å². The summed E-state index contributed by atoms with van der Waals surface area (Å²) in [5, 5.41) is 10.2. The molecule has 0 aliphatic carbocycles. The molecule has 1 aromatic carbocycles. The minimum Gasteiger partial charge on any atom is -0.339 e. The number of piperidine rings is 1. The average molecular weight is 369 g/mol. The van der Waals surface area contributed by atoms with E-state index in [2.05, 4.69) is 52.2 Å². The zero-order chi connectivity index (χ0) is 18.1. The van der Waals surface area contributed by atoms with Crippen molar-refractivity contribution in [3.8, 4) is 0 Å². The zero-order valence-electron chi connectivity index (χ0n) is 15.2. The first-order valence-electron chi connectivity index (χ1n) is 9.23. The molecule has 1 atom stereocenters. The number of amides is 1. The number of nitrogens with zero attached hydrogens (tertiary/aromatic N) is 4. The summed E-state index contributed by atoms with van der Waals surface area (Å²) in [6, 6.07) is 6.64. The fourth-order valence-electron chi connectivity index (χ4n) is 3.56. The lowest BCUT2D eigenvalue weighted by molar-refractivity contribution is -0.131. The Labute approximate surface area is 156 Å². The van der Waals surface area contributed by atoms with Crippen LogP contribution in [0.4, 0.5) is 0 Å². The Hall–Kier alpha value is -2.15. The van der Waals surface area contributed by atoms with Crippen molar-refractivity contribution in [1.29, 1.82) is 0 Å². The summed E-state index contributed by atoms with van der Waals surface area (Å²) < 4.78 is 0. The number of hydrogen-bond acceptors (Lipinski definition) is 5. The van der Waals surface area contributed by atoms with Gasteiger partial charge in [-0.05, 0) is 50.3 Å². The largest absolute Gasteiger partial charge is 0.339 e. The fraction of sp³-hybridized carbons (Fsp3) is 0.474. The second-order valence-corrected chi connectivity index (χ2v) is 7.81. The molecule has 3 aromatic rings. The van der Waals surface area contributed by atoms with Gasteiger partial charge in [0.25, 0.3) is 0 Å². The minimum absolute atomic E-state index is 0.162. The van der Waals surface area contributed by atoms with Crippen molar-refractivity contribution in [3.63, 3.8) is 0 Å². The van der Waals surface area contributed by atoms with E-state index >= 15 is 0 Å². The Balaban J connectivity index is 1.52. The molecule has 1 N–H and O–H groups in total. The van der Waals surface area contributed by atoms with Crippen molar-refractivity contribution in [2.24, 2.45) is 0 Å². The van der Waals surface area contributed by atoms with Gasteiger partial charge in [0.05, 0.1) is 5.75 Å². The first-order valence-corrected chi connectivity index (χ1v) is 10.2. The Kier molecular flexibility index (Phi) is 4.80. The molecule has 0 bridgehead atoms. The van der Waals surface area contributed by atoms with Gasteiger partial charge in [-0.2, -0.15) is 0 Å². The third kappa shape index (κ3) is 3.28. The second-order valence-electron chi connectivity index (χ2n) is 6.87. The maximum absolute atomic E-state index is 12.5. The normalized spacial score (nSPS) is 17.9. The summed E-state index contributed by atoms with van der Waals surface area (Å²) in [6.07, 6.45) is 4.38. The van der Waals surface area contributed by atoms with Gasteiger partial charge in [0.15, 0.2) is 5.65 Å². The van der Waals surface area contributed by atoms with Crippen molar-refractivity contribution in [1.82, 2.24) is 25.1 Å². The van der Waals surface area contributed by atoms with Crippen molar-refractivity contribution in [3.05, 3.63) is 23.8 Å². The maximum atomic E-state index is 12.5. The van der Waals surface area contributed by atoms with Gasteiger partial charge in [-0.3, -0.25) is 4.79 Å².